The van der Waals surface area contributed by atoms with Crippen LogP contribution in [0, 0.1) is 0 Å². The Hall–Kier alpha value is -4.17. The molecule has 204 valence electrons. The number of carboxylic acids is 1. The fourth-order valence-electron chi connectivity index (χ4n) is 4.62. The Morgan fingerprint density at radius 3 is 1.95 bits per heavy atom. The highest BCUT2D eigenvalue weighted by molar-refractivity contribution is 5.89. The van der Waals surface area contributed by atoms with Gasteiger partial charge in [0.2, 0.25) is 5.91 Å². The van der Waals surface area contributed by atoms with Gasteiger partial charge in [-0.15, -0.1) is 0 Å². The number of ether oxygens (including phenoxy) is 2. The van der Waals surface area contributed by atoms with Gasteiger partial charge >= 0.3 is 12.1 Å². The van der Waals surface area contributed by atoms with Crippen molar-refractivity contribution in [2.24, 2.45) is 0 Å². The van der Waals surface area contributed by atoms with Gasteiger partial charge in [-0.25, -0.2) is 9.59 Å². The quantitative estimate of drug-likeness (QED) is 0.355. The summed E-state index contributed by atoms with van der Waals surface area (Å²) in [5.41, 5.74) is 4.60. The molecule has 3 aromatic carbocycles. The lowest BCUT2D eigenvalue weighted by Crippen LogP contribution is -2.54. The number of amides is 2. The molecule has 8 nitrogen and oxygen atoms in total. The molecule has 0 unspecified atom stereocenters. The zero-order valence-corrected chi connectivity index (χ0v) is 22.3. The number of hydrogen-bond donors (Lipinski definition) is 3. The summed E-state index contributed by atoms with van der Waals surface area (Å²) < 4.78 is 11.2. The van der Waals surface area contributed by atoms with Crippen molar-refractivity contribution < 1.29 is 29.0 Å². The molecule has 0 spiro atoms. The van der Waals surface area contributed by atoms with Crippen molar-refractivity contribution in [3.05, 3.63) is 95.6 Å². The summed E-state index contributed by atoms with van der Waals surface area (Å²) in [6, 6.07) is 22.9. The first kappa shape index (κ1) is 27.9. The number of rotatable bonds is 10. The molecule has 0 radical (unpaired) electrons. The van der Waals surface area contributed by atoms with Gasteiger partial charge in [-0.2, -0.15) is 0 Å². The average Bonchev–Trinajstić information content (AvgIpc) is 3.23. The van der Waals surface area contributed by atoms with E-state index in [1.807, 2.05) is 66.7 Å². The molecular formula is C31H34N2O6. The summed E-state index contributed by atoms with van der Waals surface area (Å²) in [5, 5.41) is 14.8. The molecule has 0 fully saturated rings. The summed E-state index contributed by atoms with van der Waals surface area (Å²) in [4.78, 5) is 38.0. The third-order valence-corrected chi connectivity index (χ3v) is 6.53. The van der Waals surface area contributed by atoms with Gasteiger partial charge in [0, 0.05) is 12.3 Å². The van der Waals surface area contributed by atoms with Crippen LogP contribution in [0.25, 0.3) is 11.1 Å². The zero-order valence-electron chi connectivity index (χ0n) is 22.3. The van der Waals surface area contributed by atoms with Crippen molar-refractivity contribution in [1.82, 2.24) is 10.6 Å². The summed E-state index contributed by atoms with van der Waals surface area (Å²) in [7, 11) is 0. The number of hydrogen-bond acceptors (Lipinski definition) is 5. The standard InChI is InChI=1S/C31H34N2O6/c1-31(2,3)39-19-27(29(35)36)32-28(34)26(17-20-11-5-4-6-12-20)33-30(37)38-18-25-23-15-9-7-13-21(23)22-14-8-10-16-24(22)25/h4-16,25-27H,17-19H2,1-3H3,(H,32,34)(H,33,37)(H,35,36)/t26-,27-/m0/s1. The number of carbonyl (C=O) groups excluding carboxylic acids is 2. The zero-order chi connectivity index (χ0) is 28.0. The van der Waals surface area contributed by atoms with Crippen LogP contribution in [0.2, 0.25) is 0 Å². The monoisotopic (exact) mass is 530 g/mol. The van der Waals surface area contributed by atoms with Crippen LogP contribution in [0.15, 0.2) is 78.9 Å². The lowest BCUT2D eigenvalue weighted by atomic mass is 9.98. The number of carboxylic acid groups (broad SMARTS) is 1. The van der Waals surface area contributed by atoms with Gasteiger partial charge in [-0.3, -0.25) is 4.79 Å². The van der Waals surface area contributed by atoms with E-state index in [1.165, 1.54) is 0 Å². The first-order valence-electron chi connectivity index (χ1n) is 12.9. The normalized spacial score (nSPS) is 14.0. The molecule has 39 heavy (non-hydrogen) atoms. The van der Waals surface area contributed by atoms with E-state index in [0.29, 0.717) is 0 Å². The highest BCUT2D eigenvalue weighted by atomic mass is 16.5. The second-order valence-corrected chi connectivity index (χ2v) is 10.5. The van der Waals surface area contributed by atoms with Crippen molar-refractivity contribution in [2.75, 3.05) is 13.2 Å². The minimum atomic E-state index is -1.28. The average molecular weight is 531 g/mol. The Morgan fingerprint density at radius 1 is 0.821 bits per heavy atom. The van der Waals surface area contributed by atoms with E-state index in [9.17, 15) is 19.5 Å². The van der Waals surface area contributed by atoms with Gasteiger partial charge in [-0.1, -0.05) is 78.9 Å². The van der Waals surface area contributed by atoms with E-state index in [0.717, 1.165) is 27.8 Å². The number of alkyl carbamates (subject to hydrolysis) is 1. The number of benzene rings is 3. The van der Waals surface area contributed by atoms with E-state index < -0.39 is 35.7 Å². The summed E-state index contributed by atoms with van der Waals surface area (Å²) >= 11 is 0. The maximum Gasteiger partial charge on any atom is 0.407 e. The van der Waals surface area contributed by atoms with Crippen molar-refractivity contribution in [1.29, 1.82) is 0 Å². The second-order valence-electron chi connectivity index (χ2n) is 10.5. The van der Waals surface area contributed by atoms with Gasteiger partial charge in [0.1, 0.15) is 12.6 Å². The van der Waals surface area contributed by atoms with Crippen molar-refractivity contribution >= 4 is 18.0 Å². The van der Waals surface area contributed by atoms with Crippen LogP contribution in [-0.4, -0.2) is 54.0 Å². The van der Waals surface area contributed by atoms with Crippen LogP contribution in [0.3, 0.4) is 0 Å². The van der Waals surface area contributed by atoms with Gasteiger partial charge in [0.25, 0.3) is 0 Å². The Labute approximate surface area is 228 Å². The molecule has 2 amide bonds. The molecule has 2 atom stereocenters. The van der Waals surface area contributed by atoms with E-state index in [1.54, 1.807) is 20.8 Å². The minimum Gasteiger partial charge on any atom is -0.480 e. The summed E-state index contributed by atoms with van der Waals surface area (Å²) in [5.74, 6) is -2.00. The fourth-order valence-corrected chi connectivity index (χ4v) is 4.62. The number of fused-ring (bicyclic) bond motifs is 3. The first-order valence-corrected chi connectivity index (χ1v) is 12.9. The predicted molar refractivity (Wildman–Crippen MR) is 147 cm³/mol. The Balaban J connectivity index is 1.45. The van der Waals surface area contributed by atoms with Crippen LogP contribution >= 0.6 is 0 Å². The summed E-state index contributed by atoms with van der Waals surface area (Å²) in [6.45, 7) is 5.27. The summed E-state index contributed by atoms with van der Waals surface area (Å²) in [6.07, 6.45) is -0.602. The molecule has 0 saturated carbocycles. The maximum atomic E-state index is 13.2. The predicted octanol–water partition coefficient (Wildman–Crippen LogP) is 4.52. The highest BCUT2D eigenvalue weighted by Gasteiger charge is 2.31. The molecule has 0 heterocycles. The lowest BCUT2D eigenvalue weighted by molar-refractivity contribution is -0.145. The Bertz CT molecular complexity index is 1270. The Kier molecular flexibility index (Phi) is 8.66. The van der Waals surface area contributed by atoms with Gasteiger partial charge in [0.15, 0.2) is 6.04 Å². The Morgan fingerprint density at radius 2 is 1.38 bits per heavy atom. The molecular weight excluding hydrogens is 496 g/mol. The molecule has 0 bridgehead atoms. The number of carbonyl (C=O) groups is 3. The lowest BCUT2D eigenvalue weighted by Gasteiger charge is -2.25. The maximum absolute atomic E-state index is 13.2. The van der Waals surface area contributed by atoms with Gasteiger partial charge in [-0.05, 0) is 48.6 Å². The van der Waals surface area contributed by atoms with Crippen LogP contribution in [0.4, 0.5) is 4.79 Å². The minimum absolute atomic E-state index is 0.0940. The highest BCUT2D eigenvalue weighted by Crippen LogP contribution is 2.44. The second kappa shape index (κ2) is 12.1. The van der Waals surface area contributed by atoms with E-state index in [4.69, 9.17) is 9.47 Å². The molecule has 4 rings (SSSR count). The fraction of sp³-hybridized carbons (Fsp3) is 0.323. The SMILES string of the molecule is CC(C)(C)OC[C@H](NC(=O)[C@H](Cc1ccccc1)NC(=O)OCC1c2ccccc2-c2ccccc21)C(=O)O. The third kappa shape index (κ3) is 7.23. The van der Waals surface area contributed by atoms with Crippen LogP contribution in [-0.2, 0) is 25.5 Å². The molecule has 8 heteroatoms. The molecule has 3 N–H and O–H groups in total. The van der Waals surface area contributed by atoms with Crippen LogP contribution in [0.1, 0.15) is 43.4 Å². The third-order valence-electron chi connectivity index (χ3n) is 6.53. The molecule has 1 aliphatic rings. The smallest absolute Gasteiger partial charge is 0.407 e. The largest absolute Gasteiger partial charge is 0.480 e. The van der Waals surface area contributed by atoms with Crippen molar-refractivity contribution in [3.63, 3.8) is 0 Å². The molecule has 3 aromatic rings. The van der Waals surface area contributed by atoms with Crippen molar-refractivity contribution in [2.45, 2.75) is 50.8 Å². The number of aliphatic carboxylic acids is 1. The molecule has 0 aliphatic heterocycles. The van der Waals surface area contributed by atoms with E-state index in [2.05, 4.69) is 22.8 Å². The number of nitrogens with one attached hydrogen (secondary N) is 2. The van der Waals surface area contributed by atoms with Gasteiger partial charge < -0.3 is 25.2 Å². The topological polar surface area (TPSA) is 114 Å². The van der Waals surface area contributed by atoms with Crippen LogP contribution in [0.5, 0.6) is 0 Å². The molecule has 1 aliphatic carbocycles. The van der Waals surface area contributed by atoms with E-state index >= 15 is 0 Å². The molecule has 0 aromatic heterocycles. The molecule has 0 saturated heterocycles. The van der Waals surface area contributed by atoms with E-state index in [-0.39, 0.29) is 25.6 Å². The van der Waals surface area contributed by atoms with Crippen molar-refractivity contribution in [3.8, 4) is 11.1 Å². The van der Waals surface area contributed by atoms with Gasteiger partial charge in [0.05, 0.1) is 12.2 Å². The van der Waals surface area contributed by atoms with Crippen LogP contribution < -0.4 is 10.6 Å². The first-order chi connectivity index (χ1) is 18.6.